The molecule has 0 radical (unpaired) electrons. The molecule has 0 saturated heterocycles. The second-order valence-corrected chi connectivity index (χ2v) is 7.34. The van der Waals surface area contributed by atoms with E-state index in [1.54, 1.807) is 24.1 Å². The van der Waals surface area contributed by atoms with Crippen molar-refractivity contribution in [1.82, 2.24) is 4.90 Å². The molecular weight excluding hydrogens is 390 g/mol. The van der Waals surface area contributed by atoms with E-state index in [0.29, 0.717) is 23.2 Å². The van der Waals surface area contributed by atoms with E-state index in [9.17, 15) is 9.59 Å². The average Bonchev–Trinajstić information content (AvgIpc) is 2.95. The lowest BCUT2D eigenvalue weighted by Gasteiger charge is -2.18. The molecule has 1 aliphatic rings. The Morgan fingerprint density at radius 2 is 1.54 bits per heavy atom. The fraction of sp³-hybridized carbons (Fsp3) is 0.0909. The number of halogens is 1. The van der Waals surface area contributed by atoms with E-state index in [1.807, 2.05) is 54.6 Å². The SMILES string of the molecule is CN(Cc1ccc(Br)cc1)C(=O)c1ccc2c(c1)C(=O)c1ccccc1-2. The first-order chi connectivity index (χ1) is 12.5. The van der Waals surface area contributed by atoms with E-state index in [0.717, 1.165) is 21.2 Å². The summed E-state index contributed by atoms with van der Waals surface area (Å²) in [4.78, 5) is 27.1. The number of hydrogen-bond donors (Lipinski definition) is 0. The summed E-state index contributed by atoms with van der Waals surface area (Å²) in [5, 5.41) is 0. The number of hydrogen-bond acceptors (Lipinski definition) is 2. The lowest BCUT2D eigenvalue weighted by Crippen LogP contribution is -2.26. The molecule has 0 aromatic heterocycles. The summed E-state index contributed by atoms with van der Waals surface area (Å²) in [5.41, 5.74) is 4.73. The van der Waals surface area contributed by atoms with Crippen LogP contribution in [-0.2, 0) is 6.54 Å². The highest BCUT2D eigenvalue weighted by Gasteiger charge is 2.27. The van der Waals surface area contributed by atoms with Crippen LogP contribution < -0.4 is 0 Å². The van der Waals surface area contributed by atoms with Crippen LogP contribution in [0.25, 0.3) is 11.1 Å². The zero-order valence-electron chi connectivity index (χ0n) is 14.2. The van der Waals surface area contributed by atoms with Gasteiger partial charge in [0.1, 0.15) is 0 Å². The van der Waals surface area contributed by atoms with Crippen LogP contribution in [-0.4, -0.2) is 23.6 Å². The molecule has 26 heavy (non-hydrogen) atoms. The van der Waals surface area contributed by atoms with Gasteiger partial charge in [0.05, 0.1) is 0 Å². The number of fused-ring (bicyclic) bond motifs is 3. The van der Waals surface area contributed by atoms with Gasteiger partial charge in [0.2, 0.25) is 0 Å². The van der Waals surface area contributed by atoms with Crippen molar-refractivity contribution in [2.75, 3.05) is 7.05 Å². The van der Waals surface area contributed by atoms with Gasteiger partial charge in [0.25, 0.3) is 5.91 Å². The lowest BCUT2D eigenvalue weighted by atomic mass is 10.0. The summed E-state index contributed by atoms with van der Waals surface area (Å²) in [5.74, 6) is -0.111. The van der Waals surface area contributed by atoms with Crippen LogP contribution in [0.1, 0.15) is 31.8 Å². The summed E-state index contributed by atoms with van der Waals surface area (Å²) in [6, 6.07) is 20.8. The van der Waals surface area contributed by atoms with Crippen molar-refractivity contribution >= 4 is 27.6 Å². The van der Waals surface area contributed by atoms with E-state index < -0.39 is 0 Å². The molecule has 0 aliphatic heterocycles. The molecule has 1 amide bonds. The van der Waals surface area contributed by atoms with E-state index >= 15 is 0 Å². The number of rotatable bonds is 3. The number of nitrogens with zero attached hydrogens (tertiary/aromatic N) is 1. The summed E-state index contributed by atoms with van der Waals surface area (Å²) in [6.45, 7) is 0.511. The van der Waals surface area contributed by atoms with Gasteiger partial charge in [0, 0.05) is 34.8 Å². The first-order valence-corrected chi connectivity index (χ1v) is 9.12. The Morgan fingerprint density at radius 3 is 2.27 bits per heavy atom. The predicted molar refractivity (Wildman–Crippen MR) is 105 cm³/mol. The molecule has 3 aromatic carbocycles. The van der Waals surface area contributed by atoms with Crippen LogP contribution in [0.4, 0.5) is 0 Å². The molecule has 0 atom stereocenters. The molecule has 0 unspecified atom stereocenters. The second-order valence-electron chi connectivity index (χ2n) is 6.42. The number of carbonyl (C=O) groups is 2. The van der Waals surface area contributed by atoms with Gasteiger partial charge in [-0.3, -0.25) is 9.59 Å². The standard InChI is InChI=1S/C22H16BrNO2/c1-24(13-14-6-9-16(23)10-7-14)22(26)15-8-11-18-17-4-2-3-5-19(17)21(25)20(18)12-15/h2-12H,13H2,1H3. The molecule has 0 saturated carbocycles. The molecule has 0 spiro atoms. The Morgan fingerprint density at radius 1 is 0.885 bits per heavy atom. The molecule has 0 fully saturated rings. The highest BCUT2D eigenvalue weighted by atomic mass is 79.9. The third-order valence-corrected chi connectivity index (χ3v) is 5.18. The zero-order valence-corrected chi connectivity index (χ0v) is 15.8. The van der Waals surface area contributed by atoms with Gasteiger partial charge >= 0.3 is 0 Å². The molecule has 0 N–H and O–H groups in total. The van der Waals surface area contributed by atoms with Gasteiger partial charge in [-0.15, -0.1) is 0 Å². The number of carbonyl (C=O) groups excluding carboxylic acids is 2. The third-order valence-electron chi connectivity index (χ3n) is 4.65. The number of benzene rings is 3. The molecule has 0 bridgehead atoms. The molecule has 4 heteroatoms. The van der Waals surface area contributed by atoms with Gasteiger partial charge in [-0.1, -0.05) is 58.4 Å². The number of amides is 1. The Labute approximate surface area is 160 Å². The van der Waals surface area contributed by atoms with Gasteiger partial charge in [-0.2, -0.15) is 0 Å². The van der Waals surface area contributed by atoms with Crippen molar-refractivity contribution in [1.29, 1.82) is 0 Å². The minimum Gasteiger partial charge on any atom is -0.337 e. The normalized spacial score (nSPS) is 11.8. The Hall–Kier alpha value is -2.72. The zero-order chi connectivity index (χ0) is 18.3. The quantitative estimate of drug-likeness (QED) is 0.484. The third kappa shape index (κ3) is 2.86. The first kappa shape index (κ1) is 16.7. The summed E-state index contributed by atoms with van der Waals surface area (Å²) >= 11 is 3.41. The van der Waals surface area contributed by atoms with Gasteiger partial charge in [-0.25, -0.2) is 0 Å². The maximum Gasteiger partial charge on any atom is 0.253 e. The van der Waals surface area contributed by atoms with Crippen LogP contribution in [0, 0.1) is 0 Å². The Bertz CT molecular complexity index is 1020. The summed E-state index contributed by atoms with van der Waals surface area (Å²) in [6.07, 6.45) is 0. The minimum atomic E-state index is -0.0977. The lowest BCUT2D eigenvalue weighted by molar-refractivity contribution is 0.0785. The van der Waals surface area contributed by atoms with Crippen molar-refractivity contribution in [3.05, 3.63) is 93.5 Å². The molecule has 4 rings (SSSR count). The van der Waals surface area contributed by atoms with E-state index in [4.69, 9.17) is 0 Å². The molecule has 3 aromatic rings. The largest absolute Gasteiger partial charge is 0.337 e. The average molecular weight is 406 g/mol. The highest BCUT2D eigenvalue weighted by molar-refractivity contribution is 9.10. The summed E-state index contributed by atoms with van der Waals surface area (Å²) < 4.78 is 1.01. The Kier molecular flexibility index (Phi) is 4.21. The fourth-order valence-corrected chi connectivity index (χ4v) is 3.58. The van der Waals surface area contributed by atoms with Gasteiger partial charge in [0.15, 0.2) is 5.78 Å². The smallest absolute Gasteiger partial charge is 0.253 e. The van der Waals surface area contributed by atoms with Crippen LogP contribution >= 0.6 is 15.9 Å². The van der Waals surface area contributed by atoms with Crippen molar-refractivity contribution in [2.24, 2.45) is 0 Å². The van der Waals surface area contributed by atoms with E-state index in [2.05, 4.69) is 15.9 Å². The minimum absolute atomic E-state index is 0.0131. The highest BCUT2D eigenvalue weighted by Crippen LogP contribution is 2.36. The fourth-order valence-electron chi connectivity index (χ4n) is 3.32. The van der Waals surface area contributed by atoms with Crippen molar-refractivity contribution < 1.29 is 9.59 Å². The van der Waals surface area contributed by atoms with Crippen molar-refractivity contribution in [3.8, 4) is 11.1 Å². The van der Waals surface area contributed by atoms with Crippen LogP contribution in [0.15, 0.2) is 71.2 Å². The van der Waals surface area contributed by atoms with E-state index in [-0.39, 0.29) is 11.7 Å². The van der Waals surface area contributed by atoms with Crippen LogP contribution in [0.5, 0.6) is 0 Å². The van der Waals surface area contributed by atoms with Gasteiger partial charge < -0.3 is 4.90 Å². The van der Waals surface area contributed by atoms with Crippen LogP contribution in [0.2, 0.25) is 0 Å². The number of ketones is 1. The van der Waals surface area contributed by atoms with Crippen molar-refractivity contribution in [3.63, 3.8) is 0 Å². The molecular formula is C22H16BrNO2. The first-order valence-electron chi connectivity index (χ1n) is 8.32. The monoisotopic (exact) mass is 405 g/mol. The van der Waals surface area contributed by atoms with Gasteiger partial charge in [-0.05, 0) is 41.0 Å². The second kappa shape index (κ2) is 6.54. The Balaban J connectivity index is 1.60. The van der Waals surface area contributed by atoms with E-state index in [1.165, 1.54) is 0 Å². The summed E-state index contributed by atoms with van der Waals surface area (Å²) in [7, 11) is 1.77. The topological polar surface area (TPSA) is 37.4 Å². The molecule has 3 nitrogen and oxygen atoms in total. The molecule has 128 valence electrons. The maximum absolute atomic E-state index is 12.8. The molecule has 0 heterocycles. The predicted octanol–water partition coefficient (Wildman–Crippen LogP) is 4.93. The maximum atomic E-state index is 12.8. The molecule has 1 aliphatic carbocycles. The van der Waals surface area contributed by atoms with Crippen molar-refractivity contribution in [2.45, 2.75) is 6.54 Å². The van der Waals surface area contributed by atoms with Crippen LogP contribution in [0.3, 0.4) is 0 Å².